The summed E-state index contributed by atoms with van der Waals surface area (Å²) in [4.78, 5) is 0. The Hall–Kier alpha value is -1.70. The molecule has 0 atom stereocenters. The normalized spacial score (nSPS) is 9.28. The quantitative estimate of drug-likeness (QED) is 0.868. The molecular formula is C12H12Cl2N4. The highest BCUT2D eigenvalue weighted by Crippen LogP contribution is 2.29. The van der Waals surface area contributed by atoms with Gasteiger partial charge in [0.05, 0.1) is 21.9 Å². The largest absolute Gasteiger partial charge is 0.382 e. The lowest BCUT2D eigenvalue weighted by Gasteiger charge is -2.07. The Balaban J connectivity index is 0.000000771. The molecular weight excluding hydrogens is 271 g/mol. The number of anilines is 1. The molecule has 0 saturated heterocycles. The van der Waals surface area contributed by atoms with Gasteiger partial charge in [0.2, 0.25) is 0 Å². The van der Waals surface area contributed by atoms with Crippen LogP contribution in [-0.4, -0.2) is 9.78 Å². The zero-order valence-corrected chi connectivity index (χ0v) is 11.5. The molecule has 0 aliphatic carbocycles. The molecule has 0 aliphatic rings. The van der Waals surface area contributed by atoms with Gasteiger partial charge in [-0.15, -0.1) is 0 Å². The fraction of sp³-hybridized carbons (Fsp3) is 0.167. The predicted molar refractivity (Wildman–Crippen MR) is 74.1 cm³/mol. The summed E-state index contributed by atoms with van der Waals surface area (Å²) in [5.41, 5.74) is 6.59. The highest BCUT2D eigenvalue weighted by atomic mass is 35.5. The molecule has 0 spiro atoms. The highest BCUT2D eigenvalue weighted by molar-refractivity contribution is 6.43. The van der Waals surface area contributed by atoms with E-state index in [1.807, 2.05) is 19.9 Å². The molecule has 94 valence electrons. The molecule has 18 heavy (non-hydrogen) atoms. The zero-order valence-electron chi connectivity index (χ0n) is 9.98. The third-order valence-corrected chi connectivity index (χ3v) is 2.90. The Labute approximate surface area is 116 Å². The standard InChI is InChI=1S/C10H6Cl2N4.C2H6/c11-7-2-1-3-8(9(7)12)16-10(14)6(4-13)5-15-16;1-2/h1-3,5H,14H2;1-2H3. The van der Waals surface area contributed by atoms with Crippen LogP contribution >= 0.6 is 23.2 Å². The predicted octanol–water partition coefficient (Wildman–Crippen LogP) is 3.66. The van der Waals surface area contributed by atoms with Crippen molar-refractivity contribution in [2.75, 3.05) is 5.73 Å². The van der Waals surface area contributed by atoms with Crippen molar-refractivity contribution in [3.63, 3.8) is 0 Å². The number of aromatic nitrogens is 2. The zero-order chi connectivity index (χ0) is 13.7. The van der Waals surface area contributed by atoms with Crippen molar-refractivity contribution in [2.24, 2.45) is 0 Å². The molecule has 1 aromatic carbocycles. The van der Waals surface area contributed by atoms with Crippen molar-refractivity contribution in [1.29, 1.82) is 5.26 Å². The van der Waals surface area contributed by atoms with Crippen LogP contribution < -0.4 is 5.73 Å². The summed E-state index contributed by atoms with van der Waals surface area (Å²) in [6.07, 6.45) is 1.38. The van der Waals surface area contributed by atoms with Gasteiger partial charge in [0, 0.05) is 0 Å². The maximum absolute atomic E-state index is 8.76. The van der Waals surface area contributed by atoms with Crippen LogP contribution in [0, 0.1) is 11.3 Å². The van der Waals surface area contributed by atoms with Crippen LogP contribution in [0.1, 0.15) is 19.4 Å². The van der Waals surface area contributed by atoms with E-state index in [1.54, 1.807) is 18.2 Å². The number of hydrogen-bond donors (Lipinski definition) is 1. The van der Waals surface area contributed by atoms with E-state index in [9.17, 15) is 0 Å². The highest BCUT2D eigenvalue weighted by Gasteiger charge is 2.12. The monoisotopic (exact) mass is 282 g/mol. The minimum atomic E-state index is 0.242. The van der Waals surface area contributed by atoms with Crippen molar-refractivity contribution in [3.05, 3.63) is 40.0 Å². The first-order valence-electron chi connectivity index (χ1n) is 5.33. The second-order valence-corrected chi connectivity index (χ2v) is 3.83. The number of nitrogens with two attached hydrogens (primary N) is 1. The van der Waals surface area contributed by atoms with Gasteiger partial charge in [-0.2, -0.15) is 10.4 Å². The molecule has 2 N–H and O–H groups in total. The Morgan fingerprint density at radius 3 is 2.56 bits per heavy atom. The van der Waals surface area contributed by atoms with E-state index < -0.39 is 0 Å². The second-order valence-electron chi connectivity index (χ2n) is 3.04. The number of benzene rings is 1. The summed E-state index contributed by atoms with van der Waals surface area (Å²) < 4.78 is 1.38. The number of nitrogens with zero attached hydrogens (tertiary/aromatic N) is 3. The van der Waals surface area contributed by atoms with Gasteiger partial charge in [0.15, 0.2) is 0 Å². The molecule has 2 aromatic rings. The van der Waals surface area contributed by atoms with E-state index in [0.29, 0.717) is 21.3 Å². The molecule has 6 heteroatoms. The van der Waals surface area contributed by atoms with Gasteiger partial charge in [-0.1, -0.05) is 43.1 Å². The lowest BCUT2D eigenvalue weighted by molar-refractivity contribution is 0.891. The van der Waals surface area contributed by atoms with E-state index in [1.165, 1.54) is 10.9 Å². The van der Waals surface area contributed by atoms with Gasteiger partial charge in [0.25, 0.3) is 0 Å². The lowest BCUT2D eigenvalue weighted by Crippen LogP contribution is -2.03. The van der Waals surface area contributed by atoms with Crippen molar-refractivity contribution < 1.29 is 0 Å². The molecule has 1 heterocycles. The molecule has 0 radical (unpaired) electrons. The van der Waals surface area contributed by atoms with Crippen LogP contribution in [0.15, 0.2) is 24.4 Å². The van der Waals surface area contributed by atoms with E-state index in [2.05, 4.69) is 5.10 Å². The second kappa shape index (κ2) is 6.29. The first-order chi connectivity index (χ1) is 8.65. The maximum atomic E-state index is 8.76. The number of nitrogen functional groups attached to an aromatic ring is 1. The molecule has 4 nitrogen and oxygen atoms in total. The molecule has 0 saturated carbocycles. The van der Waals surface area contributed by atoms with Crippen molar-refractivity contribution in [3.8, 4) is 11.8 Å². The van der Waals surface area contributed by atoms with Crippen LogP contribution in [0.2, 0.25) is 10.0 Å². The molecule has 0 unspecified atom stereocenters. The van der Waals surface area contributed by atoms with Crippen LogP contribution in [0.3, 0.4) is 0 Å². The van der Waals surface area contributed by atoms with Gasteiger partial charge in [-0.3, -0.25) is 0 Å². The lowest BCUT2D eigenvalue weighted by atomic mass is 10.3. The topological polar surface area (TPSA) is 67.6 Å². The van der Waals surface area contributed by atoms with Gasteiger partial charge in [0.1, 0.15) is 17.5 Å². The van der Waals surface area contributed by atoms with Gasteiger partial charge >= 0.3 is 0 Å². The average molecular weight is 283 g/mol. The van der Waals surface area contributed by atoms with Crippen LogP contribution in [0.4, 0.5) is 5.82 Å². The fourth-order valence-electron chi connectivity index (χ4n) is 1.29. The van der Waals surface area contributed by atoms with Crippen molar-refractivity contribution in [2.45, 2.75) is 13.8 Å². The first kappa shape index (κ1) is 14.4. The summed E-state index contributed by atoms with van der Waals surface area (Å²) in [6, 6.07) is 7.05. The smallest absolute Gasteiger partial charge is 0.145 e. The Morgan fingerprint density at radius 2 is 2.00 bits per heavy atom. The van der Waals surface area contributed by atoms with Crippen LogP contribution in [0.5, 0.6) is 0 Å². The molecule has 0 aliphatic heterocycles. The van der Waals surface area contributed by atoms with E-state index in [0.717, 1.165) is 0 Å². The summed E-state index contributed by atoms with van der Waals surface area (Å²) in [7, 11) is 0. The van der Waals surface area contributed by atoms with Gasteiger partial charge in [-0.05, 0) is 12.1 Å². The minimum absolute atomic E-state index is 0.242. The van der Waals surface area contributed by atoms with Gasteiger partial charge in [-0.25, -0.2) is 4.68 Å². The van der Waals surface area contributed by atoms with Gasteiger partial charge < -0.3 is 5.73 Å². The Bertz CT molecular complexity index is 584. The van der Waals surface area contributed by atoms with Crippen molar-refractivity contribution >= 4 is 29.0 Å². The third kappa shape index (κ3) is 2.58. The number of halogens is 2. The summed E-state index contributed by atoms with van der Waals surface area (Å²) in [5.74, 6) is 0.242. The fourth-order valence-corrected chi connectivity index (χ4v) is 1.67. The maximum Gasteiger partial charge on any atom is 0.145 e. The Kier molecular flexibility index (Phi) is 5.02. The average Bonchev–Trinajstić information content (AvgIpc) is 2.76. The molecule has 1 aromatic heterocycles. The first-order valence-corrected chi connectivity index (χ1v) is 6.08. The number of nitriles is 1. The minimum Gasteiger partial charge on any atom is -0.382 e. The SMILES string of the molecule is CC.N#Cc1cnn(-c2cccc(Cl)c2Cl)c1N. The summed E-state index contributed by atoms with van der Waals surface area (Å²) >= 11 is 11.9. The third-order valence-electron chi connectivity index (χ3n) is 2.09. The Morgan fingerprint density at radius 1 is 1.33 bits per heavy atom. The molecule has 2 rings (SSSR count). The van der Waals surface area contributed by atoms with E-state index in [-0.39, 0.29) is 5.82 Å². The summed E-state index contributed by atoms with van der Waals surface area (Å²) in [6.45, 7) is 4.00. The van der Waals surface area contributed by atoms with Crippen molar-refractivity contribution in [1.82, 2.24) is 9.78 Å². The van der Waals surface area contributed by atoms with Crippen LogP contribution in [-0.2, 0) is 0 Å². The molecule has 0 amide bonds. The number of rotatable bonds is 1. The van der Waals surface area contributed by atoms with E-state index >= 15 is 0 Å². The molecule has 0 fully saturated rings. The molecule has 0 bridgehead atoms. The number of hydrogen-bond acceptors (Lipinski definition) is 3. The van der Waals surface area contributed by atoms with Crippen LogP contribution in [0.25, 0.3) is 5.69 Å². The summed E-state index contributed by atoms with van der Waals surface area (Å²) in [5, 5.41) is 13.5. The van der Waals surface area contributed by atoms with E-state index in [4.69, 9.17) is 34.2 Å².